The minimum Gasteiger partial charge on any atom is -0.490 e. The normalized spacial score (nSPS) is 12.3. The Morgan fingerprint density at radius 1 is 1.03 bits per heavy atom. The summed E-state index contributed by atoms with van der Waals surface area (Å²) in [6, 6.07) is 21.9. The second-order valence-electron chi connectivity index (χ2n) is 7.56. The number of hydrogen-bond donors (Lipinski definition) is 2. The third-order valence-electron chi connectivity index (χ3n) is 4.87. The monoisotopic (exact) mass is 477 g/mol. The van der Waals surface area contributed by atoms with E-state index in [2.05, 4.69) is 21.8 Å². The summed E-state index contributed by atoms with van der Waals surface area (Å²) in [5.74, 6) is 0.273. The largest absolute Gasteiger partial charge is 0.490 e. The van der Waals surface area contributed by atoms with E-state index in [1.54, 1.807) is 66.7 Å². The number of sulfonamides is 1. The van der Waals surface area contributed by atoms with Crippen molar-refractivity contribution in [1.82, 2.24) is 10.1 Å². The molecule has 0 aliphatic rings. The lowest BCUT2D eigenvalue weighted by molar-refractivity contribution is -0.121. The summed E-state index contributed by atoms with van der Waals surface area (Å²) < 4.78 is 33.9. The SMILES string of the molecule is C=CCOc1ccc(/C=N\NC(=O)C[C@H](NS(=O)(=O)c2ccc(C)cc2)c2ccccc2)cc1. The van der Waals surface area contributed by atoms with Crippen molar-refractivity contribution >= 4 is 22.1 Å². The van der Waals surface area contributed by atoms with Crippen molar-refractivity contribution in [1.29, 1.82) is 0 Å². The second kappa shape index (κ2) is 11.9. The van der Waals surface area contributed by atoms with Gasteiger partial charge in [-0.05, 0) is 54.4 Å². The first-order chi connectivity index (χ1) is 16.4. The second-order valence-corrected chi connectivity index (χ2v) is 9.28. The van der Waals surface area contributed by atoms with Crippen molar-refractivity contribution in [3.63, 3.8) is 0 Å². The van der Waals surface area contributed by atoms with Crippen LogP contribution < -0.4 is 14.9 Å². The van der Waals surface area contributed by atoms with E-state index in [1.165, 1.54) is 18.3 Å². The van der Waals surface area contributed by atoms with E-state index in [0.29, 0.717) is 17.9 Å². The first-order valence-electron chi connectivity index (χ1n) is 10.7. The molecule has 0 aliphatic carbocycles. The van der Waals surface area contributed by atoms with Crippen molar-refractivity contribution < 1.29 is 17.9 Å². The lowest BCUT2D eigenvalue weighted by atomic mass is 10.0. The molecule has 0 aliphatic heterocycles. The molecule has 1 amide bonds. The zero-order valence-electron chi connectivity index (χ0n) is 18.8. The maximum atomic E-state index is 12.9. The molecule has 0 saturated carbocycles. The van der Waals surface area contributed by atoms with Crippen LogP contribution in [0.25, 0.3) is 0 Å². The van der Waals surface area contributed by atoms with Gasteiger partial charge in [-0.1, -0.05) is 60.7 Å². The summed E-state index contributed by atoms with van der Waals surface area (Å²) in [5.41, 5.74) is 4.86. The van der Waals surface area contributed by atoms with E-state index in [0.717, 1.165) is 11.1 Å². The van der Waals surface area contributed by atoms with Gasteiger partial charge in [-0.25, -0.2) is 18.6 Å². The summed E-state index contributed by atoms with van der Waals surface area (Å²) in [7, 11) is -3.83. The van der Waals surface area contributed by atoms with Gasteiger partial charge in [0, 0.05) is 6.42 Å². The molecular formula is C26H27N3O4S. The molecule has 0 saturated heterocycles. The lowest BCUT2D eigenvalue weighted by Crippen LogP contribution is -2.32. The maximum Gasteiger partial charge on any atom is 0.242 e. The predicted molar refractivity (Wildman–Crippen MR) is 133 cm³/mol. The van der Waals surface area contributed by atoms with Crippen LogP contribution in [0.4, 0.5) is 0 Å². The van der Waals surface area contributed by atoms with E-state index in [9.17, 15) is 13.2 Å². The topological polar surface area (TPSA) is 96.9 Å². The third-order valence-corrected chi connectivity index (χ3v) is 6.36. The highest BCUT2D eigenvalue weighted by Gasteiger charge is 2.23. The number of nitrogens with zero attached hydrogens (tertiary/aromatic N) is 1. The predicted octanol–water partition coefficient (Wildman–Crippen LogP) is 4.12. The molecule has 3 rings (SSSR count). The van der Waals surface area contributed by atoms with Crippen LogP contribution >= 0.6 is 0 Å². The fourth-order valence-electron chi connectivity index (χ4n) is 3.10. The Morgan fingerprint density at radius 3 is 2.35 bits per heavy atom. The number of hydrazone groups is 1. The van der Waals surface area contributed by atoms with Gasteiger partial charge < -0.3 is 4.74 Å². The van der Waals surface area contributed by atoms with E-state index >= 15 is 0 Å². The van der Waals surface area contributed by atoms with E-state index in [-0.39, 0.29) is 11.3 Å². The average Bonchev–Trinajstić information content (AvgIpc) is 2.84. The Kier molecular flexibility index (Phi) is 8.73. The fourth-order valence-corrected chi connectivity index (χ4v) is 4.33. The number of carbonyl (C=O) groups is 1. The molecular weight excluding hydrogens is 450 g/mol. The highest BCUT2D eigenvalue weighted by molar-refractivity contribution is 7.89. The van der Waals surface area contributed by atoms with Crippen molar-refractivity contribution in [2.75, 3.05) is 6.61 Å². The molecule has 34 heavy (non-hydrogen) atoms. The van der Waals surface area contributed by atoms with Crippen LogP contribution in [0, 0.1) is 6.92 Å². The average molecular weight is 478 g/mol. The Labute approximate surface area is 200 Å². The summed E-state index contributed by atoms with van der Waals surface area (Å²) in [6.45, 7) is 5.90. The summed E-state index contributed by atoms with van der Waals surface area (Å²) in [6.07, 6.45) is 3.04. The first-order valence-corrected chi connectivity index (χ1v) is 12.2. The van der Waals surface area contributed by atoms with E-state index in [4.69, 9.17) is 4.74 Å². The quantitative estimate of drug-likeness (QED) is 0.247. The first kappa shape index (κ1) is 24.9. The van der Waals surface area contributed by atoms with Gasteiger partial charge in [-0.15, -0.1) is 0 Å². The fraction of sp³-hybridized carbons (Fsp3) is 0.154. The van der Waals surface area contributed by atoms with Crippen LogP contribution in [-0.2, 0) is 14.8 Å². The summed E-state index contributed by atoms with van der Waals surface area (Å²) >= 11 is 0. The number of rotatable bonds is 11. The zero-order valence-corrected chi connectivity index (χ0v) is 19.7. The molecule has 0 aromatic heterocycles. The van der Waals surface area contributed by atoms with Crippen molar-refractivity contribution in [3.8, 4) is 5.75 Å². The number of carbonyl (C=O) groups excluding carboxylic acids is 1. The Morgan fingerprint density at radius 2 is 1.71 bits per heavy atom. The van der Waals surface area contributed by atoms with Crippen LogP contribution in [0.2, 0.25) is 0 Å². The highest BCUT2D eigenvalue weighted by atomic mass is 32.2. The van der Waals surface area contributed by atoms with Gasteiger partial charge in [0.1, 0.15) is 12.4 Å². The molecule has 0 fully saturated rings. The minimum absolute atomic E-state index is 0.124. The van der Waals surface area contributed by atoms with E-state index in [1.807, 2.05) is 13.0 Å². The molecule has 7 nitrogen and oxygen atoms in total. The van der Waals surface area contributed by atoms with E-state index < -0.39 is 22.0 Å². The highest BCUT2D eigenvalue weighted by Crippen LogP contribution is 2.21. The van der Waals surface area contributed by atoms with Gasteiger partial charge in [0.2, 0.25) is 15.9 Å². The van der Waals surface area contributed by atoms with Gasteiger partial charge in [-0.2, -0.15) is 5.10 Å². The molecule has 176 valence electrons. The van der Waals surface area contributed by atoms with Gasteiger partial charge in [0.25, 0.3) is 0 Å². The molecule has 0 heterocycles. The number of aryl methyl sites for hydroxylation is 1. The Bertz CT molecular complexity index is 1220. The number of ether oxygens (including phenoxy) is 1. The molecule has 1 atom stereocenters. The molecule has 0 radical (unpaired) electrons. The number of benzene rings is 3. The van der Waals surface area contributed by atoms with Crippen LogP contribution in [0.5, 0.6) is 5.75 Å². The van der Waals surface area contributed by atoms with Gasteiger partial charge in [-0.3, -0.25) is 4.79 Å². The minimum atomic E-state index is -3.83. The van der Waals surface area contributed by atoms with Gasteiger partial charge >= 0.3 is 0 Å². The van der Waals surface area contributed by atoms with Crippen LogP contribution in [0.15, 0.2) is 102 Å². The van der Waals surface area contributed by atoms with Crippen molar-refractivity contribution in [3.05, 3.63) is 108 Å². The Hall–Kier alpha value is -3.75. The third kappa shape index (κ3) is 7.40. The molecule has 0 spiro atoms. The van der Waals surface area contributed by atoms with Crippen LogP contribution in [0.3, 0.4) is 0 Å². The molecule has 3 aromatic rings. The van der Waals surface area contributed by atoms with Crippen molar-refractivity contribution in [2.45, 2.75) is 24.3 Å². The molecule has 0 unspecified atom stereocenters. The Balaban J connectivity index is 1.66. The summed E-state index contributed by atoms with van der Waals surface area (Å²) in [4.78, 5) is 12.7. The van der Waals surface area contributed by atoms with Gasteiger partial charge in [0.15, 0.2) is 0 Å². The van der Waals surface area contributed by atoms with Gasteiger partial charge in [0.05, 0.1) is 17.2 Å². The molecule has 2 N–H and O–H groups in total. The molecule has 3 aromatic carbocycles. The molecule has 0 bridgehead atoms. The molecule has 8 heteroatoms. The van der Waals surface area contributed by atoms with Crippen molar-refractivity contribution in [2.24, 2.45) is 5.10 Å². The number of hydrogen-bond acceptors (Lipinski definition) is 5. The maximum absolute atomic E-state index is 12.9. The zero-order chi connectivity index (χ0) is 24.4. The standard InChI is InChI=1S/C26H27N3O4S/c1-3-17-33-23-13-11-21(12-14-23)19-27-28-26(30)18-25(22-7-5-4-6-8-22)29-34(31,32)24-15-9-20(2)10-16-24/h3-16,19,25,29H,1,17-18H2,2H3,(H,28,30)/b27-19-/t25-/m0/s1. The van der Waals surface area contributed by atoms with Crippen LogP contribution in [-0.4, -0.2) is 27.1 Å². The smallest absolute Gasteiger partial charge is 0.242 e. The number of nitrogens with one attached hydrogen (secondary N) is 2. The van der Waals surface area contributed by atoms with Crippen LogP contribution in [0.1, 0.15) is 29.2 Å². The summed E-state index contributed by atoms with van der Waals surface area (Å²) in [5, 5.41) is 3.99. The number of amides is 1. The lowest BCUT2D eigenvalue weighted by Gasteiger charge is -2.18.